The highest BCUT2D eigenvalue weighted by molar-refractivity contribution is 9.10. The summed E-state index contributed by atoms with van der Waals surface area (Å²) in [6, 6.07) is 7.07. The van der Waals surface area contributed by atoms with Crippen LogP contribution in [0.3, 0.4) is 0 Å². The number of aromatic nitrogens is 1. The summed E-state index contributed by atoms with van der Waals surface area (Å²) in [7, 11) is 2.22. The first-order valence-corrected chi connectivity index (χ1v) is 7.20. The van der Waals surface area contributed by atoms with E-state index in [-0.39, 0.29) is 0 Å². The lowest BCUT2D eigenvalue weighted by Gasteiger charge is -2.23. The van der Waals surface area contributed by atoms with Gasteiger partial charge < -0.3 is 10.3 Å². The molecule has 1 fully saturated rings. The average molecular weight is 308 g/mol. The molecule has 3 nitrogen and oxygen atoms in total. The lowest BCUT2D eigenvalue weighted by Crippen LogP contribution is -2.32. The van der Waals surface area contributed by atoms with E-state index in [1.54, 1.807) is 0 Å². The quantitative estimate of drug-likeness (QED) is 0.913. The molecule has 1 atom stereocenters. The third-order valence-corrected chi connectivity index (χ3v) is 4.30. The summed E-state index contributed by atoms with van der Waals surface area (Å²) >= 11 is 3.55. The van der Waals surface area contributed by atoms with E-state index in [2.05, 4.69) is 62.6 Å². The van der Waals surface area contributed by atoms with Crippen molar-refractivity contribution in [3.05, 3.63) is 34.4 Å². The molecular formula is C14H18BrN3. The first kappa shape index (κ1) is 12.2. The molecule has 4 heteroatoms. The minimum Gasteiger partial charge on any atom is -0.361 e. The maximum Gasteiger partial charge on any atom is 0.0458 e. The molecule has 1 aromatic heterocycles. The van der Waals surface area contributed by atoms with Crippen molar-refractivity contribution >= 4 is 26.8 Å². The molecule has 3 rings (SSSR count). The molecule has 1 aliphatic rings. The van der Waals surface area contributed by atoms with Crippen molar-refractivity contribution in [2.24, 2.45) is 0 Å². The molecule has 0 bridgehead atoms. The Morgan fingerprint density at radius 1 is 1.44 bits per heavy atom. The SMILES string of the molecule is CN(Cc1c[nH]c2ccc(Br)cc12)C1CCNC1. The van der Waals surface area contributed by atoms with Crippen LogP contribution in [0.2, 0.25) is 0 Å². The van der Waals surface area contributed by atoms with Crippen molar-refractivity contribution in [3.8, 4) is 0 Å². The molecule has 0 amide bonds. The van der Waals surface area contributed by atoms with Crippen molar-refractivity contribution in [3.63, 3.8) is 0 Å². The molecule has 2 N–H and O–H groups in total. The van der Waals surface area contributed by atoms with Crippen LogP contribution in [0, 0.1) is 0 Å². The van der Waals surface area contributed by atoms with Gasteiger partial charge in [-0.1, -0.05) is 15.9 Å². The Hall–Kier alpha value is -0.840. The van der Waals surface area contributed by atoms with Gasteiger partial charge in [-0.15, -0.1) is 0 Å². The Morgan fingerprint density at radius 2 is 2.33 bits per heavy atom. The largest absolute Gasteiger partial charge is 0.361 e. The molecule has 1 saturated heterocycles. The van der Waals surface area contributed by atoms with Crippen molar-refractivity contribution in [2.75, 3.05) is 20.1 Å². The summed E-state index contributed by atoms with van der Waals surface area (Å²) < 4.78 is 1.14. The van der Waals surface area contributed by atoms with Crippen molar-refractivity contribution < 1.29 is 0 Å². The molecule has 18 heavy (non-hydrogen) atoms. The van der Waals surface area contributed by atoms with Gasteiger partial charge in [-0.25, -0.2) is 0 Å². The maximum absolute atomic E-state index is 3.55. The molecule has 0 radical (unpaired) electrons. The van der Waals surface area contributed by atoms with E-state index in [4.69, 9.17) is 0 Å². The lowest BCUT2D eigenvalue weighted by atomic mass is 10.1. The minimum absolute atomic E-state index is 0.669. The zero-order valence-electron chi connectivity index (χ0n) is 10.5. The Balaban J connectivity index is 1.83. The standard InChI is InChI=1S/C14H18BrN3/c1-18(12-4-5-16-8-12)9-10-7-17-14-3-2-11(15)6-13(10)14/h2-3,6-7,12,16-17H,4-5,8-9H2,1H3. The summed E-state index contributed by atoms with van der Waals surface area (Å²) in [5, 5.41) is 4.74. The van der Waals surface area contributed by atoms with Crippen LogP contribution in [0.5, 0.6) is 0 Å². The van der Waals surface area contributed by atoms with E-state index in [1.165, 1.54) is 22.9 Å². The maximum atomic E-state index is 3.55. The lowest BCUT2D eigenvalue weighted by molar-refractivity contribution is 0.250. The van der Waals surface area contributed by atoms with Crippen LogP contribution in [0.1, 0.15) is 12.0 Å². The molecule has 2 heterocycles. The highest BCUT2D eigenvalue weighted by Crippen LogP contribution is 2.24. The summed E-state index contributed by atoms with van der Waals surface area (Å²) in [6.07, 6.45) is 3.39. The number of benzene rings is 1. The number of likely N-dealkylation sites (N-methyl/N-ethyl adjacent to an activating group) is 1. The summed E-state index contributed by atoms with van der Waals surface area (Å²) in [5.41, 5.74) is 2.59. The molecule has 2 aromatic rings. The Kier molecular flexibility index (Phi) is 3.41. The zero-order valence-corrected chi connectivity index (χ0v) is 12.1. The molecule has 1 unspecified atom stereocenters. The summed E-state index contributed by atoms with van der Waals surface area (Å²) in [4.78, 5) is 5.80. The van der Waals surface area contributed by atoms with Crippen LogP contribution >= 0.6 is 15.9 Å². The second-order valence-corrected chi connectivity index (χ2v) is 5.98. The minimum atomic E-state index is 0.669. The first-order valence-electron chi connectivity index (χ1n) is 6.40. The predicted molar refractivity (Wildman–Crippen MR) is 78.7 cm³/mol. The number of hydrogen-bond donors (Lipinski definition) is 2. The van der Waals surface area contributed by atoms with Gasteiger partial charge in [-0.05, 0) is 43.8 Å². The Labute approximate surface area is 116 Å². The summed E-state index contributed by atoms with van der Waals surface area (Å²) in [6.45, 7) is 3.26. The van der Waals surface area contributed by atoms with Crippen LogP contribution in [-0.2, 0) is 6.54 Å². The average Bonchev–Trinajstić information content (AvgIpc) is 2.99. The molecule has 1 aliphatic heterocycles. The number of fused-ring (bicyclic) bond motifs is 1. The third kappa shape index (κ3) is 2.32. The van der Waals surface area contributed by atoms with Crippen molar-refractivity contribution in [1.29, 1.82) is 0 Å². The monoisotopic (exact) mass is 307 g/mol. The molecule has 96 valence electrons. The van der Waals surface area contributed by atoms with Crippen molar-refractivity contribution in [1.82, 2.24) is 15.2 Å². The third-order valence-electron chi connectivity index (χ3n) is 3.81. The fourth-order valence-electron chi connectivity index (χ4n) is 2.69. The number of aromatic amines is 1. The number of H-pyrrole nitrogens is 1. The van der Waals surface area contributed by atoms with Crippen LogP contribution in [0.4, 0.5) is 0 Å². The predicted octanol–water partition coefficient (Wildman–Crippen LogP) is 2.72. The van der Waals surface area contributed by atoms with Crippen molar-refractivity contribution in [2.45, 2.75) is 19.0 Å². The van der Waals surface area contributed by atoms with Gasteiger partial charge in [0.2, 0.25) is 0 Å². The topological polar surface area (TPSA) is 31.1 Å². The van der Waals surface area contributed by atoms with Crippen LogP contribution in [-0.4, -0.2) is 36.1 Å². The number of hydrogen-bond acceptors (Lipinski definition) is 2. The van der Waals surface area contributed by atoms with Crippen LogP contribution in [0.25, 0.3) is 10.9 Å². The smallest absolute Gasteiger partial charge is 0.0458 e. The van der Waals surface area contributed by atoms with E-state index in [1.807, 2.05) is 0 Å². The van der Waals surface area contributed by atoms with Gasteiger partial charge in [0.1, 0.15) is 0 Å². The van der Waals surface area contributed by atoms with Gasteiger partial charge in [0.25, 0.3) is 0 Å². The van der Waals surface area contributed by atoms with Gasteiger partial charge in [0, 0.05) is 40.7 Å². The number of nitrogens with zero attached hydrogens (tertiary/aromatic N) is 1. The zero-order chi connectivity index (χ0) is 12.5. The highest BCUT2D eigenvalue weighted by Gasteiger charge is 2.19. The first-order chi connectivity index (χ1) is 8.74. The van der Waals surface area contributed by atoms with Crippen LogP contribution in [0.15, 0.2) is 28.9 Å². The molecule has 0 spiro atoms. The summed E-state index contributed by atoms with van der Waals surface area (Å²) in [5.74, 6) is 0. The Morgan fingerprint density at radius 3 is 3.11 bits per heavy atom. The highest BCUT2D eigenvalue weighted by atomic mass is 79.9. The van der Waals surface area contributed by atoms with Gasteiger partial charge >= 0.3 is 0 Å². The van der Waals surface area contributed by atoms with Crippen LogP contribution < -0.4 is 5.32 Å². The molecular weight excluding hydrogens is 290 g/mol. The van der Waals surface area contributed by atoms with E-state index in [0.29, 0.717) is 6.04 Å². The van der Waals surface area contributed by atoms with Gasteiger partial charge in [0.15, 0.2) is 0 Å². The second kappa shape index (κ2) is 5.03. The van der Waals surface area contributed by atoms with E-state index in [0.717, 1.165) is 24.1 Å². The van der Waals surface area contributed by atoms with Gasteiger partial charge in [-0.3, -0.25) is 4.90 Å². The van der Waals surface area contributed by atoms with E-state index in [9.17, 15) is 0 Å². The number of rotatable bonds is 3. The normalized spacial score (nSPS) is 20.1. The van der Waals surface area contributed by atoms with E-state index < -0.39 is 0 Å². The van der Waals surface area contributed by atoms with E-state index >= 15 is 0 Å². The van der Waals surface area contributed by atoms with Gasteiger partial charge in [0.05, 0.1) is 0 Å². The number of halogens is 1. The van der Waals surface area contributed by atoms with Gasteiger partial charge in [-0.2, -0.15) is 0 Å². The fourth-order valence-corrected chi connectivity index (χ4v) is 3.06. The second-order valence-electron chi connectivity index (χ2n) is 5.07. The molecule has 1 aromatic carbocycles. The Bertz CT molecular complexity index is 543. The molecule has 0 saturated carbocycles. The number of nitrogens with one attached hydrogen (secondary N) is 2. The fraction of sp³-hybridized carbons (Fsp3) is 0.429. The molecule has 0 aliphatic carbocycles.